The lowest BCUT2D eigenvalue weighted by Crippen LogP contribution is -2.40. The van der Waals surface area contributed by atoms with Crippen molar-refractivity contribution in [1.82, 2.24) is 5.32 Å². The van der Waals surface area contributed by atoms with Crippen LogP contribution in [0.1, 0.15) is 30.6 Å². The van der Waals surface area contributed by atoms with E-state index in [4.69, 9.17) is 5.73 Å². The maximum Gasteiger partial charge on any atom is 0.251 e. The molecule has 0 fully saturated rings. The van der Waals surface area contributed by atoms with Gasteiger partial charge in [0.2, 0.25) is 5.91 Å². The Morgan fingerprint density at radius 3 is 2.41 bits per heavy atom. The summed E-state index contributed by atoms with van der Waals surface area (Å²) in [7, 11) is 0. The number of hydrogen-bond donors (Lipinski definition) is 3. The van der Waals surface area contributed by atoms with Crippen molar-refractivity contribution < 1.29 is 9.59 Å². The van der Waals surface area contributed by atoms with Crippen LogP contribution in [0.2, 0.25) is 0 Å². The largest absolute Gasteiger partial charge is 0.349 e. The summed E-state index contributed by atoms with van der Waals surface area (Å²) in [6, 6.07) is 6.14. The van der Waals surface area contributed by atoms with Gasteiger partial charge in [0.1, 0.15) is 0 Å². The molecule has 1 aromatic rings. The number of rotatable bonds is 7. The molecule has 0 aliphatic rings. The molecule has 1 rings (SSSR count). The van der Waals surface area contributed by atoms with Crippen LogP contribution in [-0.2, 0) is 4.79 Å². The number of nitrogens with one attached hydrogen (secondary N) is 2. The highest BCUT2D eigenvalue weighted by Gasteiger charge is 2.19. The van der Waals surface area contributed by atoms with Crippen molar-refractivity contribution in [2.75, 3.05) is 11.9 Å². The second-order valence-electron chi connectivity index (χ2n) is 4.98. The molecule has 0 aliphatic heterocycles. The Bertz CT molecular complexity index is 503. The summed E-state index contributed by atoms with van der Waals surface area (Å²) in [6.45, 7) is 7.89. The number of halogens is 1. The van der Waals surface area contributed by atoms with Crippen molar-refractivity contribution in [3.63, 3.8) is 0 Å². The third-order valence-electron chi connectivity index (χ3n) is 3.38. The van der Waals surface area contributed by atoms with Gasteiger partial charge in [-0.3, -0.25) is 9.59 Å². The van der Waals surface area contributed by atoms with Gasteiger partial charge in [-0.25, -0.2) is 0 Å². The summed E-state index contributed by atoms with van der Waals surface area (Å²) >= 11 is 0. The molecule has 1 aromatic carbocycles. The van der Waals surface area contributed by atoms with Crippen molar-refractivity contribution in [3.8, 4) is 0 Å². The lowest BCUT2D eigenvalue weighted by molar-refractivity contribution is -0.118. The third-order valence-corrected chi connectivity index (χ3v) is 3.38. The van der Waals surface area contributed by atoms with Gasteiger partial charge in [0.25, 0.3) is 5.91 Å². The quantitative estimate of drug-likeness (QED) is 0.673. The zero-order valence-corrected chi connectivity index (χ0v) is 13.8. The summed E-state index contributed by atoms with van der Waals surface area (Å²) in [4.78, 5) is 23.7. The van der Waals surface area contributed by atoms with Gasteiger partial charge in [-0.05, 0) is 30.2 Å². The molecule has 5 nitrogen and oxygen atoms in total. The first kappa shape index (κ1) is 20.1. The van der Waals surface area contributed by atoms with Crippen LogP contribution >= 0.6 is 12.4 Å². The standard InChI is InChI=1S/C16H23N3O2.ClH/c1-4-10-18-15(20)12-6-8-13(9-7-12)19-16(21)14(17)11(3)5-2;/h4,6-9,11,14H,1,5,10,17H2,2-3H3,(H,18,20)(H,19,21);1H. The van der Waals surface area contributed by atoms with E-state index in [2.05, 4.69) is 17.2 Å². The van der Waals surface area contributed by atoms with E-state index < -0.39 is 6.04 Å². The molecule has 0 heterocycles. The smallest absolute Gasteiger partial charge is 0.251 e. The molecule has 2 amide bonds. The van der Waals surface area contributed by atoms with Gasteiger partial charge in [-0.2, -0.15) is 0 Å². The van der Waals surface area contributed by atoms with E-state index in [-0.39, 0.29) is 30.1 Å². The van der Waals surface area contributed by atoms with E-state index >= 15 is 0 Å². The second-order valence-corrected chi connectivity index (χ2v) is 4.98. The highest BCUT2D eigenvalue weighted by atomic mass is 35.5. The monoisotopic (exact) mass is 325 g/mol. The Morgan fingerprint density at radius 1 is 1.32 bits per heavy atom. The van der Waals surface area contributed by atoms with Crippen molar-refractivity contribution in [2.45, 2.75) is 26.3 Å². The minimum absolute atomic E-state index is 0. The maximum atomic E-state index is 11.9. The van der Waals surface area contributed by atoms with E-state index in [1.807, 2.05) is 13.8 Å². The fourth-order valence-electron chi connectivity index (χ4n) is 1.71. The Balaban J connectivity index is 0.00000441. The van der Waals surface area contributed by atoms with Crippen LogP contribution in [-0.4, -0.2) is 24.4 Å². The predicted octanol–water partition coefficient (Wildman–Crippen LogP) is 2.34. The number of carbonyl (C=O) groups is 2. The predicted molar refractivity (Wildman–Crippen MR) is 92.3 cm³/mol. The van der Waals surface area contributed by atoms with Crippen LogP contribution in [0.3, 0.4) is 0 Å². The summed E-state index contributed by atoms with van der Waals surface area (Å²) in [5.74, 6) is -0.272. The summed E-state index contributed by atoms with van der Waals surface area (Å²) in [5.41, 5.74) is 7.02. The second kappa shape index (κ2) is 9.97. The molecule has 0 aliphatic carbocycles. The first-order valence-corrected chi connectivity index (χ1v) is 7.05. The molecule has 6 heteroatoms. The maximum absolute atomic E-state index is 11.9. The number of anilines is 1. The number of nitrogens with two attached hydrogens (primary N) is 1. The molecule has 0 bridgehead atoms. The van der Waals surface area contributed by atoms with Gasteiger partial charge in [0, 0.05) is 17.8 Å². The van der Waals surface area contributed by atoms with Crippen molar-refractivity contribution >= 4 is 29.9 Å². The van der Waals surface area contributed by atoms with E-state index in [9.17, 15) is 9.59 Å². The average Bonchev–Trinajstić information content (AvgIpc) is 2.51. The molecule has 2 unspecified atom stereocenters. The van der Waals surface area contributed by atoms with Crippen molar-refractivity contribution in [3.05, 3.63) is 42.5 Å². The molecule has 122 valence electrons. The SMILES string of the molecule is C=CCNC(=O)c1ccc(NC(=O)C(N)C(C)CC)cc1.Cl. The van der Waals surface area contributed by atoms with Gasteiger partial charge >= 0.3 is 0 Å². The minimum atomic E-state index is -0.537. The first-order chi connectivity index (χ1) is 9.99. The molecule has 0 saturated heterocycles. The zero-order chi connectivity index (χ0) is 15.8. The van der Waals surface area contributed by atoms with Gasteiger partial charge in [-0.1, -0.05) is 26.3 Å². The highest BCUT2D eigenvalue weighted by Crippen LogP contribution is 2.12. The number of amides is 2. The Kier molecular flexibility index (Phi) is 9.13. The summed E-state index contributed by atoms with van der Waals surface area (Å²) < 4.78 is 0. The molecule has 22 heavy (non-hydrogen) atoms. The van der Waals surface area contributed by atoms with E-state index in [1.54, 1.807) is 30.3 Å². The Morgan fingerprint density at radius 2 is 1.91 bits per heavy atom. The molecular formula is C16H24ClN3O2. The molecule has 2 atom stereocenters. The lowest BCUT2D eigenvalue weighted by atomic mass is 9.99. The molecular weight excluding hydrogens is 302 g/mol. The van der Waals surface area contributed by atoms with Crippen LogP contribution in [0.25, 0.3) is 0 Å². The first-order valence-electron chi connectivity index (χ1n) is 7.05. The van der Waals surface area contributed by atoms with Crippen LogP contribution in [0, 0.1) is 5.92 Å². The minimum Gasteiger partial charge on any atom is -0.349 e. The van der Waals surface area contributed by atoms with E-state index in [0.717, 1.165) is 6.42 Å². The normalized spacial score (nSPS) is 12.5. The molecule has 0 saturated carbocycles. The third kappa shape index (κ3) is 5.87. The van der Waals surface area contributed by atoms with Crippen molar-refractivity contribution in [1.29, 1.82) is 0 Å². The highest BCUT2D eigenvalue weighted by molar-refractivity contribution is 5.97. The lowest BCUT2D eigenvalue weighted by Gasteiger charge is -2.17. The van der Waals surface area contributed by atoms with Crippen LogP contribution in [0.15, 0.2) is 36.9 Å². The number of carbonyl (C=O) groups excluding carboxylic acids is 2. The zero-order valence-electron chi connectivity index (χ0n) is 13.0. The fraction of sp³-hybridized carbons (Fsp3) is 0.375. The summed E-state index contributed by atoms with van der Waals surface area (Å²) in [6.07, 6.45) is 2.46. The van der Waals surface area contributed by atoms with Gasteiger partial charge in [0.15, 0.2) is 0 Å². The van der Waals surface area contributed by atoms with Gasteiger partial charge in [0.05, 0.1) is 6.04 Å². The van der Waals surface area contributed by atoms with E-state index in [0.29, 0.717) is 17.8 Å². The van der Waals surface area contributed by atoms with Crippen molar-refractivity contribution in [2.24, 2.45) is 11.7 Å². The molecule has 0 spiro atoms. The fourth-order valence-corrected chi connectivity index (χ4v) is 1.71. The Labute approximate surface area is 137 Å². The molecule has 0 aromatic heterocycles. The van der Waals surface area contributed by atoms with Crippen LogP contribution < -0.4 is 16.4 Å². The molecule has 4 N–H and O–H groups in total. The summed E-state index contributed by atoms with van der Waals surface area (Å²) in [5, 5.41) is 5.44. The number of hydrogen-bond acceptors (Lipinski definition) is 3. The molecule has 0 radical (unpaired) electrons. The van der Waals surface area contributed by atoms with Crippen LogP contribution in [0.5, 0.6) is 0 Å². The topological polar surface area (TPSA) is 84.2 Å². The Hall–Kier alpha value is -1.85. The van der Waals surface area contributed by atoms with Crippen LogP contribution in [0.4, 0.5) is 5.69 Å². The van der Waals surface area contributed by atoms with Gasteiger partial charge in [-0.15, -0.1) is 19.0 Å². The van der Waals surface area contributed by atoms with E-state index in [1.165, 1.54) is 0 Å². The average molecular weight is 326 g/mol. The van der Waals surface area contributed by atoms with Gasteiger partial charge < -0.3 is 16.4 Å². The number of benzene rings is 1.